The highest BCUT2D eigenvalue weighted by molar-refractivity contribution is 5.92. The lowest BCUT2D eigenvalue weighted by molar-refractivity contribution is -0.129. The lowest BCUT2D eigenvalue weighted by Gasteiger charge is -2.32. The number of hydrogen-bond acceptors (Lipinski definition) is 4. The molecule has 1 N–H and O–H groups in total. The Hall–Kier alpha value is -3.80. The van der Waals surface area contributed by atoms with Gasteiger partial charge in [-0.15, -0.1) is 0 Å². The Morgan fingerprint density at radius 1 is 1.07 bits per heavy atom. The molecule has 1 aliphatic heterocycles. The molecule has 0 fully saturated rings. The van der Waals surface area contributed by atoms with Crippen molar-refractivity contribution < 1.29 is 9.59 Å². The van der Waals surface area contributed by atoms with E-state index < -0.39 is 0 Å². The molecule has 0 spiro atoms. The molecule has 1 atom stereocenters. The normalized spacial score (nSPS) is 14.9. The molecule has 30 heavy (non-hydrogen) atoms. The van der Waals surface area contributed by atoms with Gasteiger partial charge in [0.25, 0.3) is 0 Å². The SMILES string of the molecule is CC(=O)N1C=Cc2ccccc2C1CC(=O)Nc1ccc(-c2ccnc(C)n2)cc1. The van der Waals surface area contributed by atoms with Gasteiger partial charge in [-0.3, -0.25) is 9.59 Å². The fourth-order valence-corrected chi connectivity index (χ4v) is 3.64. The van der Waals surface area contributed by atoms with E-state index in [4.69, 9.17) is 0 Å². The van der Waals surface area contributed by atoms with Crippen molar-refractivity contribution in [1.29, 1.82) is 0 Å². The Bertz CT molecular complexity index is 1120. The van der Waals surface area contributed by atoms with Gasteiger partial charge in [-0.1, -0.05) is 36.4 Å². The average Bonchev–Trinajstić information content (AvgIpc) is 2.74. The Morgan fingerprint density at radius 3 is 2.57 bits per heavy atom. The molecule has 150 valence electrons. The van der Waals surface area contributed by atoms with Gasteiger partial charge in [0, 0.05) is 30.6 Å². The summed E-state index contributed by atoms with van der Waals surface area (Å²) >= 11 is 0. The Balaban J connectivity index is 1.49. The van der Waals surface area contributed by atoms with Crippen LogP contribution < -0.4 is 5.32 Å². The molecule has 4 rings (SSSR count). The summed E-state index contributed by atoms with van der Waals surface area (Å²) in [7, 11) is 0. The quantitative estimate of drug-likeness (QED) is 0.709. The zero-order chi connectivity index (χ0) is 21.1. The van der Waals surface area contributed by atoms with E-state index in [9.17, 15) is 9.59 Å². The van der Waals surface area contributed by atoms with Crippen LogP contribution in [0.2, 0.25) is 0 Å². The molecule has 1 aromatic heterocycles. The lowest BCUT2D eigenvalue weighted by atomic mass is 9.93. The van der Waals surface area contributed by atoms with E-state index in [-0.39, 0.29) is 24.3 Å². The summed E-state index contributed by atoms with van der Waals surface area (Å²) in [6, 6.07) is 16.9. The summed E-state index contributed by atoms with van der Waals surface area (Å²) in [6.07, 6.45) is 5.55. The Kier molecular flexibility index (Phi) is 5.39. The zero-order valence-corrected chi connectivity index (χ0v) is 16.9. The van der Waals surface area contributed by atoms with Crippen LogP contribution >= 0.6 is 0 Å². The largest absolute Gasteiger partial charge is 0.326 e. The van der Waals surface area contributed by atoms with E-state index in [0.29, 0.717) is 11.5 Å². The van der Waals surface area contributed by atoms with Gasteiger partial charge in [0.1, 0.15) is 5.82 Å². The van der Waals surface area contributed by atoms with Crippen LogP contribution in [0, 0.1) is 6.92 Å². The number of nitrogens with zero attached hydrogens (tertiary/aromatic N) is 3. The first-order valence-corrected chi connectivity index (χ1v) is 9.77. The van der Waals surface area contributed by atoms with Crippen molar-refractivity contribution >= 4 is 23.6 Å². The standard InChI is InChI=1S/C24H22N4O2/c1-16-25-13-11-22(26-16)19-7-9-20(10-8-19)27-24(30)15-23-21-6-4-3-5-18(21)12-14-28(23)17(2)29/h3-14,23H,15H2,1-2H3,(H,27,30). The van der Waals surface area contributed by atoms with Crippen molar-refractivity contribution in [2.45, 2.75) is 26.3 Å². The van der Waals surface area contributed by atoms with Gasteiger partial charge in [0.15, 0.2) is 0 Å². The van der Waals surface area contributed by atoms with Crippen molar-refractivity contribution in [1.82, 2.24) is 14.9 Å². The van der Waals surface area contributed by atoms with E-state index in [0.717, 1.165) is 22.4 Å². The zero-order valence-electron chi connectivity index (χ0n) is 16.9. The van der Waals surface area contributed by atoms with Crippen LogP contribution in [0.15, 0.2) is 67.0 Å². The second-order valence-electron chi connectivity index (χ2n) is 7.21. The van der Waals surface area contributed by atoms with Gasteiger partial charge in [0.2, 0.25) is 11.8 Å². The summed E-state index contributed by atoms with van der Waals surface area (Å²) < 4.78 is 0. The highest BCUT2D eigenvalue weighted by atomic mass is 16.2. The molecule has 6 heteroatoms. The summed E-state index contributed by atoms with van der Waals surface area (Å²) in [5, 5.41) is 2.94. The van der Waals surface area contributed by atoms with E-state index >= 15 is 0 Å². The van der Waals surface area contributed by atoms with Gasteiger partial charge >= 0.3 is 0 Å². The van der Waals surface area contributed by atoms with Crippen LogP contribution in [0.5, 0.6) is 0 Å². The maximum atomic E-state index is 12.8. The number of aromatic nitrogens is 2. The molecule has 0 saturated heterocycles. The van der Waals surface area contributed by atoms with Gasteiger partial charge in [-0.05, 0) is 42.3 Å². The molecular weight excluding hydrogens is 376 g/mol. The molecule has 1 aliphatic rings. The fraction of sp³-hybridized carbons (Fsp3) is 0.167. The minimum atomic E-state index is -0.327. The number of benzene rings is 2. The Labute approximate surface area is 175 Å². The molecule has 0 aliphatic carbocycles. The van der Waals surface area contributed by atoms with E-state index in [1.165, 1.54) is 6.92 Å². The second-order valence-corrected chi connectivity index (χ2v) is 7.21. The molecule has 0 radical (unpaired) electrons. The topological polar surface area (TPSA) is 75.2 Å². The molecule has 6 nitrogen and oxygen atoms in total. The summed E-state index contributed by atoms with van der Waals surface area (Å²) in [4.78, 5) is 35.0. The number of fused-ring (bicyclic) bond motifs is 1. The maximum absolute atomic E-state index is 12.8. The highest BCUT2D eigenvalue weighted by Crippen LogP contribution is 2.33. The molecule has 2 heterocycles. The third-order valence-electron chi connectivity index (χ3n) is 5.09. The average molecular weight is 398 g/mol. The monoisotopic (exact) mass is 398 g/mol. The summed E-state index contributed by atoms with van der Waals surface area (Å²) in [5.41, 5.74) is 4.48. The highest BCUT2D eigenvalue weighted by Gasteiger charge is 2.28. The first-order valence-electron chi connectivity index (χ1n) is 9.77. The van der Waals surface area contributed by atoms with E-state index in [1.54, 1.807) is 17.3 Å². The van der Waals surface area contributed by atoms with Gasteiger partial charge in [-0.25, -0.2) is 9.97 Å². The number of carbonyl (C=O) groups is 2. The van der Waals surface area contributed by atoms with Crippen LogP contribution in [0.3, 0.4) is 0 Å². The molecule has 0 bridgehead atoms. The fourth-order valence-electron chi connectivity index (χ4n) is 3.64. The number of hydrogen-bond donors (Lipinski definition) is 1. The lowest BCUT2D eigenvalue weighted by Crippen LogP contribution is -2.33. The van der Waals surface area contributed by atoms with Crippen molar-refractivity contribution in [3.05, 3.63) is 83.9 Å². The molecule has 2 amide bonds. The van der Waals surface area contributed by atoms with Crippen molar-refractivity contribution in [2.75, 3.05) is 5.32 Å². The third-order valence-corrected chi connectivity index (χ3v) is 5.09. The number of carbonyl (C=O) groups excluding carboxylic acids is 2. The second kappa shape index (κ2) is 8.29. The van der Waals surface area contributed by atoms with Crippen LogP contribution in [-0.4, -0.2) is 26.7 Å². The van der Waals surface area contributed by atoms with Crippen molar-refractivity contribution in [3.8, 4) is 11.3 Å². The van der Waals surface area contributed by atoms with Crippen LogP contribution in [0.1, 0.15) is 36.3 Å². The van der Waals surface area contributed by atoms with Crippen molar-refractivity contribution in [2.24, 2.45) is 0 Å². The van der Waals surface area contributed by atoms with Crippen LogP contribution in [0.4, 0.5) is 5.69 Å². The first-order chi connectivity index (χ1) is 14.5. The number of aryl methyl sites for hydroxylation is 1. The predicted molar refractivity (Wildman–Crippen MR) is 116 cm³/mol. The number of amides is 2. The summed E-state index contributed by atoms with van der Waals surface area (Å²) in [5.74, 6) is 0.465. The maximum Gasteiger partial charge on any atom is 0.226 e. The van der Waals surface area contributed by atoms with Crippen LogP contribution in [0.25, 0.3) is 17.3 Å². The first kappa shape index (κ1) is 19.5. The molecule has 0 saturated carbocycles. The molecule has 2 aromatic carbocycles. The predicted octanol–water partition coefficient (Wildman–Crippen LogP) is 4.35. The van der Waals surface area contributed by atoms with Gasteiger partial charge in [0.05, 0.1) is 18.2 Å². The number of nitrogens with one attached hydrogen (secondary N) is 1. The number of anilines is 1. The number of rotatable bonds is 4. The molecule has 3 aromatic rings. The summed E-state index contributed by atoms with van der Waals surface area (Å²) in [6.45, 7) is 3.36. The molecule has 1 unspecified atom stereocenters. The van der Waals surface area contributed by atoms with E-state index in [1.807, 2.05) is 67.6 Å². The van der Waals surface area contributed by atoms with E-state index in [2.05, 4.69) is 15.3 Å². The van der Waals surface area contributed by atoms with Gasteiger partial charge < -0.3 is 10.2 Å². The van der Waals surface area contributed by atoms with Crippen molar-refractivity contribution in [3.63, 3.8) is 0 Å². The minimum Gasteiger partial charge on any atom is -0.326 e. The smallest absolute Gasteiger partial charge is 0.226 e. The van der Waals surface area contributed by atoms with Crippen LogP contribution in [-0.2, 0) is 9.59 Å². The minimum absolute atomic E-state index is 0.0944. The molecular formula is C24H22N4O2. The third kappa shape index (κ3) is 4.12. The van der Waals surface area contributed by atoms with Gasteiger partial charge in [-0.2, -0.15) is 0 Å². The Morgan fingerprint density at radius 2 is 1.83 bits per heavy atom.